The van der Waals surface area contributed by atoms with Crippen molar-refractivity contribution in [3.8, 4) is 0 Å². The lowest BCUT2D eigenvalue weighted by Crippen LogP contribution is -2.58. The molecule has 0 spiro atoms. The van der Waals surface area contributed by atoms with Gasteiger partial charge in [-0.3, -0.25) is 28.8 Å². The molecule has 1 unspecified atom stereocenters. The minimum atomic E-state index is -3.99. The van der Waals surface area contributed by atoms with Crippen LogP contribution in [0.15, 0.2) is 54.7 Å². The third-order valence-electron chi connectivity index (χ3n) is 10.7. The number of halogens is 1. The maximum absolute atomic E-state index is 14.6. The first kappa shape index (κ1) is 41.6. The quantitative estimate of drug-likeness (QED) is 0.326. The highest BCUT2D eigenvalue weighted by Crippen LogP contribution is 2.46. The summed E-state index contributed by atoms with van der Waals surface area (Å²) in [5, 5.41) is 4.69. The van der Waals surface area contributed by atoms with E-state index in [1.807, 2.05) is 0 Å². The predicted octanol–water partition coefficient (Wildman–Crippen LogP) is 3.68. The Morgan fingerprint density at radius 2 is 1.79 bits per heavy atom. The molecule has 3 fully saturated rings. The molecule has 1 aromatic carbocycles. The number of nitrogens with one attached hydrogen (secondary N) is 3. The van der Waals surface area contributed by atoms with Gasteiger partial charge in [-0.25, -0.2) is 22.4 Å². The van der Waals surface area contributed by atoms with E-state index in [1.165, 1.54) is 21.9 Å². The van der Waals surface area contributed by atoms with Crippen molar-refractivity contribution in [2.75, 3.05) is 6.54 Å². The number of alkyl carbamates (subject to hydrolysis) is 1. The molecule has 6 rings (SSSR count). The molecule has 3 N–H and O–H groups in total. The van der Waals surface area contributed by atoms with Crippen molar-refractivity contribution in [3.63, 3.8) is 0 Å². The molecule has 6 atom stereocenters. The molecule has 3 heterocycles. The topological polar surface area (TPSA) is 198 Å². The van der Waals surface area contributed by atoms with Gasteiger partial charge in [0, 0.05) is 30.9 Å². The first-order valence-corrected chi connectivity index (χ1v) is 20.8. The number of amides is 5. The molecule has 57 heavy (non-hydrogen) atoms. The molecule has 1 aromatic rings. The minimum absolute atomic E-state index is 0.0286. The fourth-order valence-corrected chi connectivity index (χ4v) is 8.92. The van der Waals surface area contributed by atoms with Crippen LogP contribution in [0.5, 0.6) is 0 Å². The van der Waals surface area contributed by atoms with Crippen LogP contribution in [0, 0.1) is 17.7 Å². The van der Waals surface area contributed by atoms with Crippen LogP contribution >= 0.6 is 0 Å². The van der Waals surface area contributed by atoms with E-state index in [4.69, 9.17) is 9.47 Å². The zero-order valence-corrected chi connectivity index (χ0v) is 33.3. The summed E-state index contributed by atoms with van der Waals surface area (Å²) in [7, 11) is -3.99. The fourth-order valence-electron chi connectivity index (χ4n) is 7.56. The summed E-state index contributed by atoms with van der Waals surface area (Å²) in [4.78, 5) is 84.5. The largest absolute Gasteiger partial charge is 0.444 e. The SMILES string of the molecule is C/C=C/C(=O)CC1/C=C/C=C\[C@@H]2C[C@@]2(C(=O)NS(=O)(=O)C2CC2)NC(=O)[C@@H]2C[C@@H](OC(=O)N3Cc4cccc(F)c4C3)CN2C(=O)[C@@H](NC(=O)OC(C)(C)C)CC1. The van der Waals surface area contributed by atoms with Gasteiger partial charge in [0.2, 0.25) is 21.8 Å². The number of ketones is 1. The van der Waals surface area contributed by atoms with E-state index in [2.05, 4.69) is 15.4 Å². The van der Waals surface area contributed by atoms with Crippen LogP contribution in [-0.4, -0.2) is 95.0 Å². The second-order valence-corrected chi connectivity index (χ2v) is 18.4. The standard InChI is InChI=1S/C40H50FN5O10S/c1-5-9-27(47)18-24-10-6-7-12-26-20-40(26,36(50)44-57(53,54)29-15-16-29)43-34(48)33-19-28(55-38(52)45-21-25-11-8-13-31(41)30(25)23-45)22-46(33)35(49)32(17-14-24)42-37(51)56-39(2,3)4/h5-13,24,26,28-29,32-33H,14-23H2,1-4H3,(H,42,51)(H,43,48)(H,44,50)/b9-5+,10-6+,12-7-/t24?,26-,28-,32+,33+,40-/m1/s1. The molecule has 3 aliphatic heterocycles. The number of sulfonamides is 1. The number of rotatable bonds is 8. The lowest BCUT2D eigenvalue weighted by atomic mass is 9.93. The minimum Gasteiger partial charge on any atom is -0.444 e. The van der Waals surface area contributed by atoms with Gasteiger partial charge in [0.15, 0.2) is 5.78 Å². The van der Waals surface area contributed by atoms with Crippen LogP contribution in [0.1, 0.15) is 83.8 Å². The van der Waals surface area contributed by atoms with Gasteiger partial charge in [-0.15, -0.1) is 0 Å². The molecule has 0 bridgehead atoms. The van der Waals surface area contributed by atoms with E-state index < -0.39 is 92.2 Å². The summed E-state index contributed by atoms with van der Waals surface area (Å²) < 4.78 is 53.7. The molecule has 2 aliphatic carbocycles. The zero-order chi connectivity index (χ0) is 41.3. The maximum Gasteiger partial charge on any atom is 0.410 e. The van der Waals surface area contributed by atoms with Crippen molar-refractivity contribution in [3.05, 3.63) is 71.6 Å². The van der Waals surface area contributed by atoms with Gasteiger partial charge in [-0.1, -0.05) is 42.5 Å². The first-order valence-electron chi connectivity index (χ1n) is 19.3. The molecule has 1 saturated heterocycles. The Balaban J connectivity index is 1.31. The van der Waals surface area contributed by atoms with Gasteiger partial charge in [0.1, 0.15) is 35.1 Å². The summed E-state index contributed by atoms with van der Waals surface area (Å²) in [6.07, 6.45) is 8.22. The average Bonchev–Trinajstić information content (AvgIpc) is 4.01. The Bertz CT molecular complexity index is 2010. The number of fused-ring (bicyclic) bond motifs is 3. The Kier molecular flexibility index (Phi) is 12.0. The Morgan fingerprint density at radius 3 is 2.47 bits per heavy atom. The molecule has 5 aliphatic rings. The molecule has 0 aromatic heterocycles. The highest BCUT2D eigenvalue weighted by atomic mass is 32.2. The van der Waals surface area contributed by atoms with Gasteiger partial charge in [0.25, 0.3) is 5.91 Å². The number of carbonyl (C=O) groups is 6. The van der Waals surface area contributed by atoms with E-state index in [0.717, 1.165) is 0 Å². The van der Waals surface area contributed by atoms with E-state index in [9.17, 15) is 41.6 Å². The van der Waals surface area contributed by atoms with Crippen LogP contribution < -0.4 is 15.4 Å². The number of hydrogen-bond donors (Lipinski definition) is 3. The molecule has 2 saturated carbocycles. The molecule has 5 amide bonds. The van der Waals surface area contributed by atoms with Crippen LogP contribution in [0.3, 0.4) is 0 Å². The summed E-state index contributed by atoms with van der Waals surface area (Å²) in [5.41, 5.74) is -1.61. The van der Waals surface area contributed by atoms with Gasteiger partial charge in [0.05, 0.1) is 18.3 Å². The number of nitrogens with zero attached hydrogens (tertiary/aromatic N) is 2. The molecule has 0 radical (unpaired) electrons. The second kappa shape index (κ2) is 16.4. The lowest BCUT2D eigenvalue weighted by molar-refractivity contribution is -0.141. The third-order valence-corrected chi connectivity index (χ3v) is 12.6. The maximum atomic E-state index is 14.6. The molecular weight excluding hydrogens is 762 g/mol. The van der Waals surface area contributed by atoms with Crippen molar-refractivity contribution in [1.29, 1.82) is 0 Å². The summed E-state index contributed by atoms with van der Waals surface area (Å²) in [5.74, 6) is -4.03. The number of hydrogen-bond acceptors (Lipinski definition) is 10. The normalized spacial score (nSPS) is 28.8. The van der Waals surface area contributed by atoms with Gasteiger partial charge in [-0.2, -0.15) is 0 Å². The average molecular weight is 812 g/mol. The summed E-state index contributed by atoms with van der Waals surface area (Å²) in [6.45, 7) is 6.48. The van der Waals surface area contributed by atoms with Crippen LogP contribution in [0.4, 0.5) is 14.0 Å². The fraction of sp³-hybridized carbons (Fsp3) is 0.550. The van der Waals surface area contributed by atoms with Crippen LogP contribution in [0.2, 0.25) is 0 Å². The molecule has 308 valence electrons. The Morgan fingerprint density at radius 1 is 1.05 bits per heavy atom. The van der Waals surface area contributed by atoms with Crippen LogP contribution in [-0.2, 0) is 51.8 Å². The Hall–Kier alpha value is -5.06. The number of allylic oxidation sites excluding steroid dienone is 5. The zero-order valence-electron chi connectivity index (χ0n) is 32.5. The highest BCUT2D eigenvalue weighted by Gasteiger charge is 2.62. The molecule has 17 heteroatoms. The van der Waals surface area contributed by atoms with Crippen molar-refractivity contribution >= 4 is 45.7 Å². The van der Waals surface area contributed by atoms with Gasteiger partial charge in [-0.05, 0) is 83.4 Å². The van der Waals surface area contributed by atoms with Crippen molar-refractivity contribution in [2.24, 2.45) is 11.8 Å². The highest BCUT2D eigenvalue weighted by molar-refractivity contribution is 7.91. The molecular formula is C40H50FN5O10S. The van der Waals surface area contributed by atoms with E-state index in [0.29, 0.717) is 24.0 Å². The summed E-state index contributed by atoms with van der Waals surface area (Å²) in [6, 6.07) is 1.97. The number of carbonyl (C=O) groups excluding carboxylic acids is 6. The van der Waals surface area contributed by atoms with Crippen molar-refractivity contribution < 1.29 is 51.0 Å². The Labute approximate surface area is 331 Å². The van der Waals surface area contributed by atoms with Gasteiger partial charge >= 0.3 is 12.2 Å². The monoisotopic (exact) mass is 811 g/mol. The van der Waals surface area contributed by atoms with E-state index in [1.54, 1.807) is 70.2 Å². The van der Waals surface area contributed by atoms with E-state index >= 15 is 0 Å². The van der Waals surface area contributed by atoms with Crippen molar-refractivity contribution in [1.82, 2.24) is 25.2 Å². The lowest BCUT2D eigenvalue weighted by Gasteiger charge is -2.30. The van der Waals surface area contributed by atoms with E-state index in [-0.39, 0.29) is 57.5 Å². The van der Waals surface area contributed by atoms with Gasteiger partial charge < -0.3 is 25.0 Å². The summed E-state index contributed by atoms with van der Waals surface area (Å²) >= 11 is 0. The smallest absolute Gasteiger partial charge is 0.410 e. The van der Waals surface area contributed by atoms with Crippen LogP contribution in [0.25, 0.3) is 0 Å². The number of benzene rings is 1. The second-order valence-electron chi connectivity index (χ2n) is 16.4. The third kappa shape index (κ3) is 9.91. The molecule has 15 nitrogen and oxygen atoms in total. The predicted molar refractivity (Wildman–Crippen MR) is 204 cm³/mol. The van der Waals surface area contributed by atoms with Crippen molar-refractivity contribution in [2.45, 2.75) is 120 Å². The first-order chi connectivity index (χ1) is 26.9. The number of ether oxygens (including phenoxy) is 2.